The summed E-state index contributed by atoms with van der Waals surface area (Å²) in [6.45, 7) is 5.28. The molecular weight excluding hydrogens is 541 g/mol. The van der Waals surface area contributed by atoms with E-state index in [9.17, 15) is 9.59 Å². The molecule has 178 valence electrons. The monoisotopic (exact) mass is 571 g/mol. The summed E-state index contributed by atoms with van der Waals surface area (Å²) in [5.74, 6) is 0.158. The van der Waals surface area contributed by atoms with Crippen molar-refractivity contribution in [3.63, 3.8) is 0 Å². The zero-order valence-corrected chi connectivity index (χ0v) is 21.5. The molecule has 8 heteroatoms. The minimum Gasteiger partial charge on any atom is -0.387 e. The zero-order chi connectivity index (χ0) is 24.1. The van der Waals surface area contributed by atoms with E-state index in [1.807, 2.05) is 29.2 Å². The van der Waals surface area contributed by atoms with E-state index in [0.29, 0.717) is 42.2 Å². The Balaban J connectivity index is 1.56. The van der Waals surface area contributed by atoms with E-state index in [0.717, 1.165) is 41.6 Å². The third-order valence-electron chi connectivity index (χ3n) is 6.02. The lowest BCUT2D eigenvalue weighted by molar-refractivity contribution is -0.126. The maximum Gasteiger partial charge on any atom is 0.255 e. The standard InChI is InChI=1S/C26H30IN5O2/c1-2-10-32(11-8-27)26(34)21-12-18-3-4-19(14-23(18)31-24(28)15-21)25(33)30-22-6-5-20-16-29-9-7-17(20)13-22/h3-6,12-14,29H,2,7-11,15-16H2,1H3,(H2,28,31)(H,30,33). The van der Waals surface area contributed by atoms with Gasteiger partial charge in [0.15, 0.2) is 0 Å². The first kappa shape index (κ1) is 24.4. The minimum atomic E-state index is -0.203. The minimum absolute atomic E-state index is 0.00561. The molecule has 0 aliphatic carbocycles. The molecule has 0 saturated heterocycles. The van der Waals surface area contributed by atoms with Crippen molar-refractivity contribution in [2.24, 2.45) is 10.7 Å². The maximum atomic E-state index is 13.1. The summed E-state index contributed by atoms with van der Waals surface area (Å²) >= 11 is 2.28. The molecule has 0 unspecified atom stereocenters. The van der Waals surface area contributed by atoms with Gasteiger partial charge in [0.05, 0.1) is 5.69 Å². The van der Waals surface area contributed by atoms with Crippen LogP contribution in [0.1, 0.15) is 46.8 Å². The molecule has 2 aromatic carbocycles. The van der Waals surface area contributed by atoms with Gasteiger partial charge in [-0.1, -0.05) is 41.6 Å². The molecule has 7 nitrogen and oxygen atoms in total. The summed E-state index contributed by atoms with van der Waals surface area (Å²) in [4.78, 5) is 32.5. The van der Waals surface area contributed by atoms with Crippen LogP contribution < -0.4 is 16.4 Å². The van der Waals surface area contributed by atoms with Crippen LogP contribution in [0.15, 0.2) is 47.0 Å². The van der Waals surface area contributed by atoms with E-state index in [-0.39, 0.29) is 11.8 Å². The molecule has 2 aliphatic rings. The summed E-state index contributed by atoms with van der Waals surface area (Å²) in [6.07, 6.45) is 4.00. The number of carbonyl (C=O) groups excluding carboxylic acids is 2. The molecule has 0 aromatic heterocycles. The SMILES string of the molecule is CCCN(CCI)C(=O)C1=Cc2ccc(C(=O)Nc3ccc4c(c3)CCNC4)cc2N=C(N)C1. The first-order valence-corrected chi connectivity index (χ1v) is 13.2. The number of amides is 2. The van der Waals surface area contributed by atoms with Crippen molar-refractivity contribution in [3.05, 3.63) is 64.2 Å². The van der Waals surface area contributed by atoms with Crippen LogP contribution in [0.5, 0.6) is 0 Å². The summed E-state index contributed by atoms with van der Waals surface area (Å²) in [7, 11) is 0. The van der Waals surface area contributed by atoms with Gasteiger partial charge in [-0.15, -0.1) is 0 Å². The van der Waals surface area contributed by atoms with Crippen LogP contribution in [0, 0.1) is 0 Å². The Bertz CT molecular complexity index is 1150. The number of anilines is 1. The van der Waals surface area contributed by atoms with E-state index in [4.69, 9.17) is 5.73 Å². The van der Waals surface area contributed by atoms with Crippen LogP contribution >= 0.6 is 22.6 Å². The number of nitrogens with zero attached hydrogens (tertiary/aromatic N) is 2. The highest BCUT2D eigenvalue weighted by Gasteiger charge is 2.21. The van der Waals surface area contributed by atoms with Gasteiger partial charge in [-0.05, 0) is 60.9 Å². The number of amidine groups is 1. The van der Waals surface area contributed by atoms with Crippen molar-refractivity contribution in [2.75, 3.05) is 29.4 Å². The van der Waals surface area contributed by atoms with Gasteiger partial charge >= 0.3 is 0 Å². The average molecular weight is 571 g/mol. The Kier molecular flexibility index (Phi) is 7.99. The van der Waals surface area contributed by atoms with Crippen molar-refractivity contribution in [1.29, 1.82) is 0 Å². The fourth-order valence-corrected chi connectivity index (χ4v) is 4.90. The normalized spacial score (nSPS) is 14.8. The number of aliphatic imine (C=N–C) groups is 1. The quantitative estimate of drug-likeness (QED) is 0.345. The van der Waals surface area contributed by atoms with Crippen molar-refractivity contribution >= 4 is 57.7 Å². The Morgan fingerprint density at radius 2 is 2.03 bits per heavy atom. The number of nitrogens with one attached hydrogen (secondary N) is 2. The Morgan fingerprint density at radius 1 is 1.18 bits per heavy atom. The molecule has 4 N–H and O–H groups in total. The largest absolute Gasteiger partial charge is 0.387 e. The predicted octanol–water partition coefficient (Wildman–Crippen LogP) is 4.03. The van der Waals surface area contributed by atoms with E-state index in [2.05, 4.69) is 51.2 Å². The van der Waals surface area contributed by atoms with Gasteiger partial charge in [-0.3, -0.25) is 9.59 Å². The summed E-state index contributed by atoms with van der Waals surface area (Å²) in [6, 6.07) is 11.4. The molecular formula is C26H30IN5O2. The molecule has 0 fully saturated rings. The van der Waals surface area contributed by atoms with E-state index in [1.54, 1.807) is 12.1 Å². The molecule has 34 heavy (non-hydrogen) atoms. The van der Waals surface area contributed by atoms with Crippen molar-refractivity contribution in [3.8, 4) is 0 Å². The fourth-order valence-electron chi connectivity index (χ4n) is 4.32. The molecule has 2 aliphatic heterocycles. The molecule has 2 amide bonds. The van der Waals surface area contributed by atoms with Gasteiger partial charge in [0, 0.05) is 52.9 Å². The number of benzene rings is 2. The van der Waals surface area contributed by atoms with E-state index < -0.39 is 0 Å². The smallest absolute Gasteiger partial charge is 0.255 e. The Morgan fingerprint density at radius 3 is 2.82 bits per heavy atom. The topological polar surface area (TPSA) is 99.8 Å². The maximum absolute atomic E-state index is 13.1. The average Bonchev–Trinajstić information content (AvgIpc) is 3.00. The van der Waals surface area contributed by atoms with Gasteiger partial charge in [0.25, 0.3) is 5.91 Å². The number of alkyl halides is 1. The molecule has 0 saturated carbocycles. The van der Waals surface area contributed by atoms with Crippen molar-refractivity contribution < 1.29 is 9.59 Å². The van der Waals surface area contributed by atoms with Crippen molar-refractivity contribution in [1.82, 2.24) is 10.2 Å². The summed E-state index contributed by atoms with van der Waals surface area (Å²) in [5.41, 5.74) is 12.0. The lowest BCUT2D eigenvalue weighted by atomic mass is 10.0. The molecule has 0 atom stereocenters. The number of rotatable bonds is 7. The molecule has 0 spiro atoms. The highest BCUT2D eigenvalue weighted by atomic mass is 127. The molecule has 0 radical (unpaired) electrons. The lowest BCUT2D eigenvalue weighted by Crippen LogP contribution is -2.35. The molecule has 2 aromatic rings. The number of carbonyl (C=O) groups is 2. The second-order valence-corrected chi connectivity index (χ2v) is 9.65. The number of halogens is 1. The zero-order valence-electron chi connectivity index (χ0n) is 19.4. The second kappa shape index (κ2) is 11.1. The third-order valence-corrected chi connectivity index (χ3v) is 6.50. The number of hydrogen-bond acceptors (Lipinski definition) is 5. The number of nitrogens with two attached hydrogens (primary N) is 1. The predicted molar refractivity (Wildman–Crippen MR) is 146 cm³/mol. The van der Waals surface area contributed by atoms with Crippen LogP contribution in [0.4, 0.5) is 11.4 Å². The molecule has 2 heterocycles. The van der Waals surface area contributed by atoms with Crippen LogP contribution in [0.25, 0.3) is 6.08 Å². The van der Waals surface area contributed by atoms with Gasteiger partial charge in [0.1, 0.15) is 5.84 Å². The first-order chi connectivity index (χ1) is 16.5. The number of fused-ring (bicyclic) bond motifs is 2. The van der Waals surface area contributed by atoms with Gasteiger partial charge in [-0.2, -0.15) is 0 Å². The van der Waals surface area contributed by atoms with E-state index >= 15 is 0 Å². The van der Waals surface area contributed by atoms with Crippen LogP contribution in [0.2, 0.25) is 0 Å². The Hall–Kier alpha value is -2.72. The fraction of sp³-hybridized carbons (Fsp3) is 0.346. The third kappa shape index (κ3) is 5.67. The molecule has 4 rings (SSSR count). The number of hydrogen-bond donors (Lipinski definition) is 3. The van der Waals surface area contributed by atoms with Gasteiger partial charge in [0.2, 0.25) is 5.91 Å². The lowest BCUT2D eigenvalue weighted by Gasteiger charge is -2.22. The van der Waals surface area contributed by atoms with Gasteiger partial charge in [-0.25, -0.2) is 4.99 Å². The highest BCUT2D eigenvalue weighted by Crippen LogP contribution is 2.29. The van der Waals surface area contributed by atoms with E-state index in [1.165, 1.54) is 11.1 Å². The van der Waals surface area contributed by atoms with Gasteiger partial charge < -0.3 is 21.3 Å². The highest BCUT2D eigenvalue weighted by molar-refractivity contribution is 14.1. The first-order valence-electron chi connectivity index (χ1n) is 11.6. The molecule has 0 bridgehead atoms. The Labute approximate surface area is 214 Å². The van der Waals surface area contributed by atoms with Crippen LogP contribution in [0.3, 0.4) is 0 Å². The van der Waals surface area contributed by atoms with Crippen LogP contribution in [-0.4, -0.2) is 46.6 Å². The summed E-state index contributed by atoms with van der Waals surface area (Å²) < 4.78 is 0.872. The van der Waals surface area contributed by atoms with Crippen molar-refractivity contribution in [2.45, 2.75) is 32.7 Å². The second-order valence-electron chi connectivity index (χ2n) is 8.57. The van der Waals surface area contributed by atoms with Crippen LogP contribution in [-0.2, 0) is 17.8 Å². The summed E-state index contributed by atoms with van der Waals surface area (Å²) in [5, 5.41) is 6.35.